The highest BCUT2D eigenvalue weighted by Crippen LogP contribution is 2.26. The van der Waals surface area contributed by atoms with Crippen LogP contribution in [0.1, 0.15) is 22.8 Å². The Morgan fingerprint density at radius 3 is 2.48 bits per heavy atom. The number of carbonyl (C=O) groups is 1. The number of methoxy groups -OCH3 is 1. The smallest absolute Gasteiger partial charge is 0.271 e. The Bertz CT molecular complexity index is 776. The predicted molar refractivity (Wildman–Crippen MR) is 90.8 cm³/mol. The molecular weight excluding hydrogens is 339 g/mol. The average Bonchev–Trinajstić information content (AvgIpc) is 2.55. The number of hydrogen-bond donors (Lipinski definition) is 2. The minimum absolute atomic E-state index is 0.0314. The van der Waals surface area contributed by atoms with Gasteiger partial charge >= 0.3 is 0 Å². The zero-order valence-corrected chi connectivity index (χ0v) is 13.9. The molecule has 1 amide bonds. The van der Waals surface area contributed by atoms with E-state index in [0.29, 0.717) is 32.6 Å². The lowest BCUT2D eigenvalue weighted by atomic mass is 10.1. The molecule has 0 heterocycles. The molecule has 0 aliphatic carbocycles. The second-order valence-electron chi connectivity index (χ2n) is 4.65. The van der Waals surface area contributed by atoms with E-state index in [1.807, 2.05) is 0 Å². The van der Waals surface area contributed by atoms with E-state index in [1.165, 1.54) is 19.2 Å². The average molecular weight is 353 g/mol. The van der Waals surface area contributed by atoms with Gasteiger partial charge in [-0.05, 0) is 43.3 Å². The molecule has 0 radical (unpaired) electrons. The van der Waals surface area contributed by atoms with E-state index in [2.05, 4.69) is 10.5 Å². The van der Waals surface area contributed by atoms with E-state index >= 15 is 0 Å². The van der Waals surface area contributed by atoms with Gasteiger partial charge in [0.2, 0.25) is 0 Å². The summed E-state index contributed by atoms with van der Waals surface area (Å²) in [6.45, 7) is 1.72. The largest absolute Gasteiger partial charge is 0.504 e. The van der Waals surface area contributed by atoms with Crippen molar-refractivity contribution in [3.63, 3.8) is 0 Å². The molecule has 0 saturated carbocycles. The summed E-state index contributed by atoms with van der Waals surface area (Å²) in [5.41, 5.74) is 4.04. The maximum Gasteiger partial charge on any atom is 0.271 e. The zero-order chi connectivity index (χ0) is 17.0. The van der Waals surface area contributed by atoms with Crippen LogP contribution < -0.4 is 10.2 Å². The second kappa shape index (κ2) is 7.35. The van der Waals surface area contributed by atoms with Gasteiger partial charge in [0.05, 0.1) is 22.9 Å². The van der Waals surface area contributed by atoms with Gasteiger partial charge in [-0.15, -0.1) is 0 Å². The van der Waals surface area contributed by atoms with Gasteiger partial charge in [0.25, 0.3) is 5.91 Å². The van der Waals surface area contributed by atoms with Crippen molar-refractivity contribution in [1.82, 2.24) is 5.43 Å². The highest BCUT2D eigenvalue weighted by atomic mass is 35.5. The maximum absolute atomic E-state index is 12.0. The molecule has 2 aromatic rings. The molecule has 0 unspecified atom stereocenters. The van der Waals surface area contributed by atoms with Crippen LogP contribution in [0.4, 0.5) is 0 Å². The molecule has 0 aromatic heterocycles. The molecule has 2 rings (SSSR count). The van der Waals surface area contributed by atoms with Gasteiger partial charge in [0, 0.05) is 11.1 Å². The minimum atomic E-state index is -0.409. The van der Waals surface area contributed by atoms with E-state index in [0.717, 1.165) is 0 Å². The standard InChI is InChI=1S/C16H14Cl2N2O3/c1-9(10-4-6-14(21)15(8-10)23-2)19-20-16(22)11-3-5-12(17)13(18)7-11/h3-8,21H,1-2H3,(H,20,22). The third kappa shape index (κ3) is 4.15. The summed E-state index contributed by atoms with van der Waals surface area (Å²) in [4.78, 5) is 12.0. The fraction of sp³-hybridized carbons (Fsp3) is 0.125. The molecule has 2 N–H and O–H groups in total. The molecule has 0 bridgehead atoms. The summed E-state index contributed by atoms with van der Waals surface area (Å²) in [7, 11) is 1.46. The van der Waals surface area contributed by atoms with Crippen molar-refractivity contribution >= 4 is 34.8 Å². The Balaban J connectivity index is 2.15. The van der Waals surface area contributed by atoms with Gasteiger partial charge in [0.1, 0.15) is 0 Å². The Kier molecular flexibility index (Phi) is 5.47. The molecule has 0 spiro atoms. The second-order valence-corrected chi connectivity index (χ2v) is 5.47. The number of nitrogens with one attached hydrogen (secondary N) is 1. The van der Waals surface area contributed by atoms with Gasteiger partial charge in [-0.25, -0.2) is 5.43 Å². The van der Waals surface area contributed by atoms with Crippen LogP contribution in [0.2, 0.25) is 10.0 Å². The molecule has 0 aliphatic rings. The maximum atomic E-state index is 12.0. The fourth-order valence-corrected chi connectivity index (χ4v) is 2.10. The van der Waals surface area contributed by atoms with Crippen LogP contribution in [0.5, 0.6) is 11.5 Å². The molecule has 120 valence electrons. The first-order valence-corrected chi connectivity index (χ1v) is 7.35. The van der Waals surface area contributed by atoms with Crippen LogP contribution in [0, 0.1) is 0 Å². The van der Waals surface area contributed by atoms with Crippen molar-refractivity contribution in [3.05, 3.63) is 57.6 Å². The third-order valence-corrected chi connectivity index (χ3v) is 3.84. The van der Waals surface area contributed by atoms with Gasteiger partial charge in [-0.3, -0.25) is 4.79 Å². The summed E-state index contributed by atoms with van der Waals surface area (Å²) in [5, 5.41) is 14.3. The quantitative estimate of drug-likeness (QED) is 0.648. The number of carbonyl (C=O) groups excluding carboxylic acids is 1. The molecular formula is C16H14Cl2N2O3. The number of halogens is 2. The van der Waals surface area contributed by atoms with Gasteiger partial charge in [-0.2, -0.15) is 5.10 Å². The molecule has 0 atom stereocenters. The first-order chi connectivity index (χ1) is 10.9. The highest BCUT2D eigenvalue weighted by Gasteiger charge is 2.09. The summed E-state index contributed by atoms with van der Waals surface area (Å²) in [5.74, 6) is -0.0505. The molecule has 23 heavy (non-hydrogen) atoms. The lowest BCUT2D eigenvalue weighted by molar-refractivity contribution is 0.0955. The normalized spacial score (nSPS) is 11.2. The number of hydrazone groups is 1. The predicted octanol–water partition coefficient (Wildman–Crippen LogP) is 3.86. The third-order valence-electron chi connectivity index (χ3n) is 3.10. The lowest BCUT2D eigenvalue weighted by Crippen LogP contribution is -2.19. The molecule has 7 heteroatoms. The lowest BCUT2D eigenvalue weighted by Gasteiger charge is -2.07. The van der Waals surface area contributed by atoms with E-state index in [4.69, 9.17) is 27.9 Å². The van der Waals surface area contributed by atoms with Crippen molar-refractivity contribution in [1.29, 1.82) is 0 Å². The van der Waals surface area contributed by atoms with Crippen LogP contribution >= 0.6 is 23.2 Å². The summed E-state index contributed by atoms with van der Waals surface area (Å²) in [6.07, 6.45) is 0. The number of phenolic OH excluding ortho intramolecular Hbond substituents is 1. The van der Waals surface area contributed by atoms with E-state index < -0.39 is 5.91 Å². The van der Waals surface area contributed by atoms with Crippen molar-refractivity contribution in [3.8, 4) is 11.5 Å². The number of rotatable bonds is 4. The summed E-state index contributed by atoms with van der Waals surface area (Å²) >= 11 is 11.7. The summed E-state index contributed by atoms with van der Waals surface area (Å²) < 4.78 is 5.04. The van der Waals surface area contributed by atoms with Crippen molar-refractivity contribution in [2.45, 2.75) is 6.92 Å². The number of hydrogen-bond acceptors (Lipinski definition) is 4. The molecule has 2 aromatic carbocycles. The fourth-order valence-electron chi connectivity index (χ4n) is 1.80. The van der Waals surface area contributed by atoms with Crippen LogP contribution in [0.25, 0.3) is 0 Å². The van der Waals surface area contributed by atoms with Crippen LogP contribution in [-0.4, -0.2) is 23.8 Å². The molecule has 5 nitrogen and oxygen atoms in total. The topological polar surface area (TPSA) is 70.9 Å². The highest BCUT2D eigenvalue weighted by molar-refractivity contribution is 6.42. The summed E-state index contributed by atoms with van der Waals surface area (Å²) in [6, 6.07) is 9.35. The number of nitrogens with zero attached hydrogens (tertiary/aromatic N) is 1. The number of benzene rings is 2. The SMILES string of the molecule is COc1cc(C(C)=NNC(=O)c2ccc(Cl)c(Cl)c2)ccc1O. The molecule has 0 saturated heterocycles. The number of phenols is 1. The Hall–Kier alpha value is -2.24. The van der Waals surface area contributed by atoms with Gasteiger partial charge in [0.15, 0.2) is 11.5 Å². The van der Waals surface area contributed by atoms with Gasteiger partial charge < -0.3 is 9.84 Å². The van der Waals surface area contributed by atoms with Crippen LogP contribution in [0.3, 0.4) is 0 Å². The van der Waals surface area contributed by atoms with Gasteiger partial charge in [-0.1, -0.05) is 23.2 Å². The molecule has 0 fully saturated rings. The first kappa shape index (κ1) is 17.1. The number of aromatic hydroxyl groups is 1. The van der Waals surface area contributed by atoms with E-state index in [9.17, 15) is 9.90 Å². The minimum Gasteiger partial charge on any atom is -0.504 e. The molecule has 0 aliphatic heterocycles. The van der Waals surface area contributed by atoms with Crippen molar-refractivity contribution < 1.29 is 14.6 Å². The first-order valence-electron chi connectivity index (χ1n) is 6.59. The zero-order valence-electron chi connectivity index (χ0n) is 12.4. The van der Waals surface area contributed by atoms with Crippen molar-refractivity contribution in [2.75, 3.05) is 7.11 Å². The van der Waals surface area contributed by atoms with E-state index in [1.54, 1.807) is 31.2 Å². The van der Waals surface area contributed by atoms with Crippen molar-refractivity contribution in [2.24, 2.45) is 5.10 Å². The number of amides is 1. The Morgan fingerprint density at radius 1 is 1.13 bits per heavy atom. The monoisotopic (exact) mass is 352 g/mol. The Morgan fingerprint density at radius 2 is 1.83 bits per heavy atom. The van der Waals surface area contributed by atoms with Crippen LogP contribution in [0.15, 0.2) is 41.5 Å². The van der Waals surface area contributed by atoms with E-state index in [-0.39, 0.29) is 5.75 Å². The van der Waals surface area contributed by atoms with Crippen LogP contribution in [-0.2, 0) is 0 Å². The number of ether oxygens (including phenoxy) is 1. The Labute approximate surface area is 143 Å².